The second-order valence-electron chi connectivity index (χ2n) is 6.59. The van der Waals surface area contributed by atoms with E-state index in [9.17, 15) is 19.2 Å². The normalized spacial score (nSPS) is 20.0. The highest BCUT2D eigenvalue weighted by molar-refractivity contribution is 7.15. The Morgan fingerprint density at radius 1 is 1.16 bits per heavy atom. The Kier molecular flexibility index (Phi) is 4.03. The summed E-state index contributed by atoms with van der Waals surface area (Å²) in [5.41, 5.74) is 0.911. The van der Waals surface area contributed by atoms with Crippen molar-refractivity contribution >= 4 is 40.1 Å². The SMILES string of the molecule is O=C(Nc1nc2c(s1)CN(C(=O)CN1C(=O)CCC1=O)CC2)C1CC1. The molecular formula is C16H18N4O4S. The highest BCUT2D eigenvalue weighted by atomic mass is 32.1. The number of likely N-dealkylation sites (tertiary alicyclic amines) is 1. The molecule has 0 atom stereocenters. The van der Waals surface area contributed by atoms with E-state index >= 15 is 0 Å². The van der Waals surface area contributed by atoms with Crippen LogP contribution >= 0.6 is 11.3 Å². The summed E-state index contributed by atoms with van der Waals surface area (Å²) in [6, 6.07) is 0. The lowest BCUT2D eigenvalue weighted by Gasteiger charge is -2.27. The number of imide groups is 1. The van der Waals surface area contributed by atoms with Gasteiger partial charge >= 0.3 is 0 Å². The lowest BCUT2D eigenvalue weighted by molar-refractivity contribution is -0.145. The van der Waals surface area contributed by atoms with Crippen LogP contribution in [0.5, 0.6) is 0 Å². The van der Waals surface area contributed by atoms with Crippen molar-refractivity contribution in [2.24, 2.45) is 5.92 Å². The number of hydrogen-bond donors (Lipinski definition) is 1. The lowest BCUT2D eigenvalue weighted by atomic mass is 10.2. The van der Waals surface area contributed by atoms with Crippen molar-refractivity contribution in [2.45, 2.75) is 38.6 Å². The number of carbonyl (C=O) groups is 4. The van der Waals surface area contributed by atoms with E-state index in [0.29, 0.717) is 24.6 Å². The summed E-state index contributed by atoms with van der Waals surface area (Å²) in [5, 5.41) is 3.43. The molecule has 2 fully saturated rings. The van der Waals surface area contributed by atoms with Crippen molar-refractivity contribution in [1.29, 1.82) is 0 Å². The zero-order valence-electron chi connectivity index (χ0n) is 13.6. The molecule has 132 valence electrons. The topological polar surface area (TPSA) is 99.7 Å². The van der Waals surface area contributed by atoms with E-state index in [0.717, 1.165) is 28.3 Å². The van der Waals surface area contributed by atoms with Crippen LogP contribution in [-0.4, -0.2) is 51.5 Å². The molecule has 9 heteroatoms. The molecule has 2 aliphatic heterocycles. The minimum atomic E-state index is -0.279. The first kappa shape index (κ1) is 16.2. The molecule has 4 amide bonds. The van der Waals surface area contributed by atoms with Gasteiger partial charge in [-0.2, -0.15) is 0 Å². The molecule has 1 N–H and O–H groups in total. The smallest absolute Gasteiger partial charge is 0.243 e. The second-order valence-corrected chi connectivity index (χ2v) is 7.67. The van der Waals surface area contributed by atoms with E-state index < -0.39 is 0 Å². The van der Waals surface area contributed by atoms with Gasteiger partial charge in [0.05, 0.1) is 12.2 Å². The van der Waals surface area contributed by atoms with Crippen LogP contribution in [-0.2, 0) is 32.1 Å². The van der Waals surface area contributed by atoms with Crippen molar-refractivity contribution in [1.82, 2.24) is 14.8 Å². The first-order valence-corrected chi connectivity index (χ1v) is 9.23. The van der Waals surface area contributed by atoms with E-state index in [-0.39, 0.29) is 48.9 Å². The fourth-order valence-electron chi connectivity index (χ4n) is 3.05. The summed E-state index contributed by atoms with van der Waals surface area (Å²) < 4.78 is 0. The predicted octanol–water partition coefficient (Wildman–Crippen LogP) is 0.525. The molecule has 4 rings (SSSR count). The van der Waals surface area contributed by atoms with E-state index in [1.807, 2.05) is 0 Å². The van der Waals surface area contributed by atoms with Gasteiger partial charge in [-0.3, -0.25) is 24.1 Å². The summed E-state index contributed by atoms with van der Waals surface area (Å²) in [6.07, 6.45) is 2.86. The molecule has 1 aliphatic carbocycles. The summed E-state index contributed by atoms with van der Waals surface area (Å²) in [4.78, 5) is 55.7. The number of fused-ring (bicyclic) bond motifs is 1. The number of aromatic nitrogens is 1. The molecule has 0 unspecified atom stereocenters. The maximum Gasteiger partial charge on any atom is 0.243 e. The first-order valence-electron chi connectivity index (χ1n) is 8.41. The van der Waals surface area contributed by atoms with Crippen LogP contribution in [0.25, 0.3) is 0 Å². The number of nitrogens with zero attached hydrogens (tertiary/aromatic N) is 3. The average Bonchev–Trinajstić information content (AvgIpc) is 3.30. The van der Waals surface area contributed by atoms with Gasteiger partial charge in [0.25, 0.3) is 0 Å². The summed E-state index contributed by atoms with van der Waals surface area (Å²) in [5.74, 6) is -0.649. The second kappa shape index (κ2) is 6.21. The van der Waals surface area contributed by atoms with E-state index in [4.69, 9.17) is 0 Å². The van der Waals surface area contributed by atoms with Gasteiger partial charge < -0.3 is 10.2 Å². The quantitative estimate of drug-likeness (QED) is 0.788. The van der Waals surface area contributed by atoms with Gasteiger partial charge in [-0.25, -0.2) is 4.98 Å². The van der Waals surface area contributed by atoms with E-state index in [2.05, 4.69) is 10.3 Å². The van der Waals surface area contributed by atoms with Crippen LogP contribution in [0.2, 0.25) is 0 Å². The molecule has 25 heavy (non-hydrogen) atoms. The molecule has 1 aromatic rings. The fraction of sp³-hybridized carbons (Fsp3) is 0.562. The Hall–Kier alpha value is -2.29. The molecule has 0 radical (unpaired) electrons. The molecule has 0 aromatic carbocycles. The number of carbonyl (C=O) groups excluding carboxylic acids is 4. The molecule has 3 aliphatic rings. The molecule has 1 saturated heterocycles. The predicted molar refractivity (Wildman–Crippen MR) is 88.5 cm³/mol. The third-order valence-corrected chi connectivity index (χ3v) is 5.71. The number of amides is 4. The highest BCUT2D eigenvalue weighted by Gasteiger charge is 2.34. The Morgan fingerprint density at radius 2 is 1.88 bits per heavy atom. The molecule has 3 heterocycles. The average molecular weight is 362 g/mol. The zero-order chi connectivity index (χ0) is 17.6. The van der Waals surface area contributed by atoms with Crippen molar-refractivity contribution in [3.63, 3.8) is 0 Å². The largest absolute Gasteiger partial charge is 0.336 e. The number of nitrogens with one attached hydrogen (secondary N) is 1. The summed E-state index contributed by atoms with van der Waals surface area (Å²) in [6.45, 7) is 0.722. The van der Waals surface area contributed by atoms with E-state index in [1.165, 1.54) is 11.3 Å². The number of rotatable bonds is 4. The zero-order valence-corrected chi connectivity index (χ0v) is 14.4. The standard InChI is InChI=1S/C16H18N4O4S/c21-12-3-4-13(22)20(12)8-14(23)19-6-5-10-11(7-19)25-16(17-10)18-15(24)9-1-2-9/h9H,1-8H2,(H,17,18,24). The van der Waals surface area contributed by atoms with Crippen LogP contribution in [0.1, 0.15) is 36.3 Å². The van der Waals surface area contributed by atoms with Crippen LogP contribution in [0, 0.1) is 5.92 Å². The molecule has 0 spiro atoms. The van der Waals surface area contributed by atoms with Gasteiger partial charge in [0.1, 0.15) is 6.54 Å². The van der Waals surface area contributed by atoms with Gasteiger partial charge in [-0.1, -0.05) is 11.3 Å². The number of thiazole rings is 1. The first-order chi connectivity index (χ1) is 12.0. The van der Waals surface area contributed by atoms with Crippen LogP contribution < -0.4 is 5.32 Å². The Labute approximate surface area is 148 Å². The molecule has 1 saturated carbocycles. The molecule has 0 bridgehead atoms. The third-order valence-electron chi connectivity index (χ3n) is 4.71. The summed E-state index contributed by atoms with van der Waals surface area (Å²) in [7, 11) is 0. The number of hydrogen-bond acceptors (Lipinski definition) is 6. The van der Waals surface area contributed by atoms with Gasteiger partial charge in [0.2, 0.25) is 23.6 Å². The Balaban J connectivity index is 1.39. The Morgan fingerprint density at radius 3 is 2.56 bits per heavy atom. The van der Waals surface area contributed by atoms with Gasteiger partial charge in [0.15, 0.2) is 5.13 Å². The lowest BCUT2D eigenvalue weighted by Crippen LogP contribution is -2.44. The highest BCUT2D eigenvalue weighted by Crippen LogP contribution is 2.33. The van der Waals surface area contributed by atoms with Gasteiger partial charge in [-0.15, -0.1) is 0 Å². The minimum absolute atomic E-state index is 0.0186. The fourth-order valence-corrected chi connectivity index (χ4v) is 4.08. The number of anilines is 1. The maximum atomic E-state index is 12.4. The minimum Gasteiger partial charge on any atom is -0.336 e. The van der Waals surface area contributed by atoms with Crippen molar-refractivity contribution < 1.29 is 19.2 Å². The van der Waals surface area contributed by atoms with Crippen molar-refractivity contribution in [3.05, 3.63) is 10.6 Å². The molecule has 8 nitrogen and oxygen atoms in total. The van der Waals surface area contributed by atoms with Gasteiger partial charge in [0, 0.05) is 36.6 Å². The summed E-state index contributed by atoms with van der Waals surface area (Å²) >= 11 is 1.39. The Bertz CT molecular complexity index is 754. The van der Waals surface area contributed by atoms with Crippen molar-refractivity contribution in [2.75, 3.05) is 18.4 Å². The monoisotopic (exact) mass is 362 g/mol. The van der Waals surface area contributed by atoms with Crippen LogP contribution in [0.4, 0.5) is 5.13 Å². The maximum absolute atomic E-state index is 12.4. The molecule has 1 aromatic heterocycles. The third kappa shape index (κ3) is 3.28. The molecular weight excluding hydrogens is 344 g/mol. The van der Waals surface area contributed by atoms with Crippen molar-refractivity contribution in [3.8, 4) is 0 Å². The van der Waals surface area contributed by atoms with Gasteiger partial charge in [-0.05, 0) is 12.8 Å². The van der Waals surface area contributed by atoms with Crippen LogP contribution in [0.15, 0.2) is 0 Å². The van der Waals surface area contributed by atoms with E-state index in [1.54, 1.807) is 4.90 Å². The van der Waals surface area contributed by atoms with Crippen LogP contribution in [0.3, 0.4) is 0 Å².